The SMILES string of the molecule is CCOC(=O)[C@@]1(Cc2ccc(O)c(C(C)c3ccc4ccccc4c3)c2)C[C@@H]1C(=O)NO.COC(=O)[C@]1(c2cccc(Oc3ccc([N+](=O)[O-])cc3)c2)C[C@H]1C(=O)NO.Cc1cc(COc2ccc(C[C@]3(C(=O)N[C@@H](C)c4ccccc4)C[C@@H]3C(=O)NO)cc2)c2ccccc2n1.O=C(NO)[C@H]1C[C@]1(Cc1ccc(OCc2ccccc2)cc1)C(=O)NCc1ccccc1. The van der Waals surface area contributed by atoms with Crippen LogP contribution in [0.2, 0.25) is 0 Å². The smallest absolute Gasteiger partial charge is 0.317 e. The first kappa shape index (κ1) is 92.0. The molecule has 0 radical (unpaired) electrons. The number of amides is 6. The van der Waals surface area contributed by atoms with Crippen LogP contribution >= 0.6 is 0 Å². The van der Waals surface area contributed by atoms with Crippen molar-refractivity contribution in [2.75, 3.05) is 13.7 Å². The summed E-state index contributed by atoms with van der Waals surface area (Å²) in [6.07, 6.45) is 2.37. The van der Waals surface area contributed by atoms with Crippen LogP contribution in [0.3, 0.4) is 0 Å². The van der Waals surface area contributed by atoms with Crippen LogP contribution in [-0.2, 0) is 92.3 Å². The number of esters is 2. The fourth-order valence-electron chi connectivity index (χ4n) is 16.9. The molecule has 28 heteroatoms. The average molecular weight is 1750 g/mol. The first-order chi connectivity index (χ1) is 62.3. The summed E-state index contributed by atoms with van der Waals surface area (Å²) in [6.45, 7) is 9.14. The van der Waals surface area contributed by atoms with Gasteiger partial charge in [0.2, 0.25) is 35.4 Å². The van der Waals surface area contributed by atoms with Gasteiger partial charge in [0.1, 0.15) is 47.4 Å². The van der Waals surface area contributed by atoms with Gasteiger partial charge < -0.3 is 39.4 Å². The van der Waals surface area contributed by atoms with Crippen molar-refractivity contribution in [3.05, 3.63) is 350 Å². The van der Waals surface area contributed by atoms with Crippen molar-refractivity contribution in [1.82, 2.24) is 37.5 Å². The van der Waals surface area contributed by atoms with E-state index in [-0.39, 0.29) is 48.2 Å². The summed E-state index contributed by atoms with van der Waals surface area (Å²) in [5, 5.41) is 66.8. The molecule has 4 fully saturated rings. The van der Waals surface area contributed by atoms with Crippen LogP contribution < -0.4 is 46.8 Å². The van der Waals surface area contributed by atoms with Crippen molar-refractivity contribution >= 4 is 74.7 Å². The summed E-state index contributed by atoms with van der Waals surface area (Å²) < 4.78 is 27.7. The van der Waals surface area contributed by atoms with Gasteiger partial charge in [-0.1, -0.05) is 207 Å². The van der Waals surface area contributed by atoms with Crippen LogP contribution in [0.25, 0.3) is 21.7 Å². The number of hydroxylamine groups is 4. The van der Waals surface area contributed by atoms with Crippen LogP contribution in [0, 0.1) is 57.0 Å². The number of phenolic OH excluding ortho intramolecular Hbond substituents is 1. The van der Waals surface area contributed by atoms with Crippen molar-refractivity contribution in [2.45, 2.75) is 110 Å². The summed E-state index contributed by atoms with van der Waals surface area (Å²) in [7, 11) is 1.23. The molecule has 1 heterocycles. The number of nitrogens with zero attached hydrogens (tertiary/aromatic N) is 2. The van der Waals surface area contributed by atoms with E-state index in [0.29, 0.717) is 81.1 Å². The molecular formula is C101H100N8O20. The minimum Gasteiger partial charge on any atom is -0.508 e. The van der Waals surface area contributed by atoms with Gasteiger partial charge in [-0.2, -0.15) is 0 Å². The van der Waals surface area contributed by atoms with Crippen molar-refractivity contribution in [1.29, 1.82) is 0 Å². The Morgan fingerprint density at radius 1 is 0.481 bits per heavy atom. The fourth-order valence-corrected chi connectivity index (χ4v) is 16.9. The zero-order valence-electron chi connectivity index (χ0n) is 71.6. The Morgan fingerprint density at radius 3 is 1.60 bits per heavy atom. The van der Waals surface area contributed by atoms with E-state index >= 15 is 0 Å². The molecule has 1 aromatic heterocycles. The number of nitro benzene ring substituents is 1. The third-order valence-corrected chi connectivity index (χ3v) is 24.4. The third-order valence-electron chi connectivity index (χ3n) is 24.4. The predicted molar refractivity (Wildman–Crippen MR) is 476 cm³/mol. The molecule has 10 atom stereocenters. The Bertz CT molecular complexity index is 6040. The second-order valence-electron chi connectivity index (χ2n) is 32.8. The van der Waals surface area contributed by atoms with Gasteiger partial charge in [0, 0.05) is 46.8 Å². The van der Waals surface area contributed by atoms with Gasteiger partial charge in [-0.05, 0) is 188 Å². The van der Waals surface area contributed by atoms with Crippen molar-refractivity contribution in [2.24, 2.45) is 39.9 Å². The maximum atomic E-state index is 13.4. The van der Waals surface area contributed by atoms with E-state index in [4.69, 9.17) is 39.3 Å². The molecule has 1 unspecified atom stereocenters. The number of phenols is 1. The molecule has 28 nitrogen and oxygen atoms in total. The number of hydrogen-bond donors (Lipinski definition) is 11. The number of hydrogen-bond acceptors (Lipinski definition) is 21. The lowest BCUT2D eigenvalue weighted by Crippen LogP contribution is -2.38. The maximum Gasteiger partial charge on any atom is 0.317 e. The average Bonchev–Trinajstić information content (AvgIpc) is 1.56. The van der Waals surface area contributed by atoms with Crippen LogP contribution in [0.5, 0.6) is 28.7 Å². The largest absolute Gasteiger partial charge is 0.508 e. The Labute approximate surface area is 744 Å². The molecular weight excluding hydrogens is 1650 g/mol. The molecule has 11 N–H and O–H groups in total. The molecule has 664 valence electrons. The molecule has 4 saturated carbocycles. The summed E-state index contributed by atoms with van der Waals surface area (Å²) in [5.41, 5.74) is 13.6. The van der Waals surface area contributed by atoms with E-state index in [1.165, 1.54) is 31.4 Å². The number of aromatic nitrogens is 1. The number of rotatable bonds is 31. The van der Waals surface area contributed by atoms with E-state index < -0.39 is 85.8 Å². The van der Waals surface area contributed by atoms with Crippen LogP contribution in [-0.4, -0.2) is 96.9 Å². The van der Waals surface area contributed by atoms with E-state index in [9.17, 15) is 58.8 Å². The maximum absolute atomic E-state index is 13.4. The quantitative estimate of drug-likeness (QED) is 0.00832. The van der Waals surface area contributed by atoms with Crippen LogP contribution in [0.15, 0.2) is 279 Å². The van der Waals surface area contributed by atoms with E-state index in [0.717, 1.165) is 83.2 Å². The molecule has 4 aliphatic rings. The monoisotopic (exact) mass is 1740 g/mol. The van der Waals surface area contributed by atoms with Crippen LogP contribution in [0.4, 0.5) is 5.69 Å². The highest BCUT2D eigenvalue weighted by atomic mass is 16.6. The van der Waals surface area contributed by atoms with Gasteiger partial charge in [-0.15, -0.1) is 0 Å². The number of carbonyl (C=O) groups excluding carboxylic acids is 8. The van der Waals surface area contributed by atoms with Gasteiger partial charge in [0.25, 0.3) is 5.69 Å². The first-order valence-electron chi connectivity index (χ1n) is 42.2. The van der Waals surface area contributed by atoms with E-state index in [1.54, 1.807) is 65.2 Å². The zero-order chi connectivity index (χ0) is 91.6. The molecule has 0 spiro atoms. The van der Waals surface area contributed by atoms with Crippen molar-refractivity contribution in [3.63, 3.8) is 0 Å². The van der Waals surface area contributed by atoms with Crippen molar-refractivity contribution in [3.8, 4) is 28.7 Å². The van der Waals surface area contributed by atoms with Crippen molar-refractivity contribution < 1.29 is 92.9 Å². The zero-order valence-corrected chi connectivity index (χ0v) is 71.6. The number of para-hydroxylation sites is 1. The Kier molecular flexibility index (Phi) is 29.3. The summed E-state index contributed by atoms with van der Waals surface area (Å²) in [6, 6.07) is 86.0. The number of aryl methyl sites for hydroxylation is 1. The number of ether oxygens (including phenoxy) is 5. The highest BCUT2D eigenvalue weighted by molar-refractivity contribution is 5.99. The Balaban J connectivity index is 0.000000148. The fraction of sp³-hybridized carbons (Fsp3) is 0.257. The number of aromatic hydroxyl groups is 1. The Morgan fingerprint density at radius 2 is 1.00 bits per heavy atom. The molecule has 4 aliphatic carbocycles. The number of carbonyl (C=O) groups is 8. The van der Waals surface area contributed by atoms with Crippen LogP contribution in [0.1, 0.15) is 120 Å². The normalized spacial score (nSPS) is 19.7. The lowest BCUT2D eigenvalue weighted by Gasteiger charge is -2.21. The number of nitrogens with one attached hydrogen (secondary N) is 6. The molecule has 16 rings (SSSR count). The predicted octanol–water partition coefficient (Wildman–Crippen LogP) is 15.3. The highest BCUT2D eigenvalue weighted by Gasteiger charge is 2.67. The second-order valence-corrected chi connectivity index (χ2v) is 32.8. The number of benzene rings is 11. The van der Waals surface area contributed by atoms with Gasteiger partial charge in [0.05, 0.1) is 70.1 Å². The van der Waals surface area contributed by atoms with E-state index in [2.05, 4.69) is 45.9 Å². The first-order valence-corrected chi connectivity index (χ1v) is 42.2. The molecule has 12 aromatic rings. The lowest BCUT2D eigenvalue weighted by atomic mass is 9.87. The second kappa shape index (κ2) is 41.2. The minimum atomic E-state index is -1.18. The molecule has 6 amide bonds. The number of fused-ring (bicyclic) bond motifs is 2. The molecule has 0 aliphatic heterocycles. The standard InChI is InChI=1S/C31H31N3O4.C26H26N2O4.C26H27NO5.C18H16N2O7/c1-20-16-24(26-10-6-7-11-28(26)32-20)19-38-25-14-12-22(13-15-25)17-31(18-27(31)29(35)34-37)30(36)33-21(2)23-8-4-3-5-9-23;29-24(28-31)23-16-26(23,25(30)27-17-20-7-3-1-4-8-20)15-19-11-13-22(14-12-19)32-18-21-9-5-2-6-10-21;1-3-32-25(30)26(15-22(26)24(29)27-31)14-17-8-11-23(28)21(12-17)16(2)19-10-9-18-6-4-5-7-20(18)13-19;1-26-17(22)18(10-15(18)16(21)19-23)11-3-2-4-14(9-11)27-13-7-5-12(6-8-13)20(24)25/h3-16,21,27,37H,17-19H2,1-2H3,(H,33,36)(H,34,35);1-14,23,31H,15-18H2,(H,27,30)(H,28,29);4-13,16,22,28,31H,3,14-15H2,1-2H3,(H,27,29);2-9,15,23H,10H2,1H3,(H,19,21)/t21-,27+,31-;23-,26+;16?,22-,26+;15-,18-/m0110/s1. The number of methoxy groups -OCH3 is 1. The van der Waals surface area contributed by atoms with Gasteiger partial charge in [-0.3, -0.25) is 74.3 Å². The molecule has 0 saturated heterocycles. The highest BCUT2D eigenvalue weighted by Crippen LogP contribution is 2.59. The number of pyridine rings is 1. The summed E-state index contributed by atoms with van der Waals surface area (Å²) in [5.74, 6) is -3.91. The number of non-ortho nitro benzene ring substituents is 1. The van der Waals surface area contributed by atoms with Gasteiger partial charge >= 0.3 is 11.9 Å². The number of nitro groups is 1. The van der Waals surface area contributed by atoms with E-state index in [1.807, 2.05) is 209 Å². The third kappa shape index (κ3) is 21.7. The Hall–Kier alpha value is -14.7. The topological polar surface area (TPSA) is 412 Å². The summed E-state index contributed by atoms with van der Waals surface area (Å²) in [4.78, 5) is 114. The summed E-state index contributed by atoms with van der Waals surface area (Å²) >= 11 is 0. The minimum absolute atomic E-state index is 0.0587. The van der Waals surface area contributed by atoms with Gasteiger partial charge in [-0.25, -0.2) is 21.9 Å². The molecule has 11 aromatic carbocycles. The molecule has 0 bridgehead atoms. The van der Waals surface area contributed by atoms with Gasteiger partial charge in [0.15, 0.2) is 0 Å². The molecule has 129 heavy (non-hydrogen) atoms. The lowest BCUT2D eigenvalue weighted by molar-refractivity contribution is -0.384.